The highest BCUT2D eigenvalue weighted by atomic mass is 127. The molecule has 0 aliphatic heterocycles. The van der Waals surface area contributed by atoms with Crippen LogP contribution in [0.2, 0.25) is 0 Å². The number of nitrogens with zero attached hydrogens (tertiary/aromatic N) is 2. The lowest BCUT2D eigenvalue weighted by molar-refractivity contribution is 0.115. The van der Waals surface area contributed by atoms with E-state index in [1.54, 1.807) is 21.3 Å². The number of ether oxygens (including phenoxy) is 3. The Morgan fingerprint density at radius 1 is 1.28 bits per heavy atom. The van der Waals surface area contributed by atoms with Crippen molar-refractivity contribution in [3.63, 3.8) is 0 Å². The highest BCUT2D eigenvalue weighted by molar-refractivity contribution is 14.0. The number of benzene rings is 1. The molecule has 1 saturated carbocycles. The van der Waals surface area contributed by atoms with E-state index in [2.05, 4.69) is 15.2 Å². The van der Waals surface area contributed by atoms with Gasteiger partial charge in [0.2, 0.25) is 0 Å². The Morgan fingerprint density at radius 2 is 2.04 bits per heavy atom. The SMILES string of the molecule is CN=C(NCc1cccc(OC)c1OC)N(C)CCOCC1CC1.I. The van der Waals surface area contributed by atoms with Crippen LogP contribution in [0.1, 0.15) is 18.4 Å². The molecule has 0 saturated heterocycles. The summed E-state index contributed by atoms with van der Waals surface area (Å²) in [5, 5.41) is 3.36. The van der Waals surface area contributed by atoms with Gasteiger partial charge in [0.1, 0.15) is 0 Å². The zero-order chi connectivity index (χ0) is 17.4. The number of hydrogen-bond donors (Lipinski definition) is 1. The van der Waals surface area contributed by atoms with Crippen molar-refractivity contribution in [1.82, 2.24) is 10.2 Å². The minimum Gasteiger partial charge on any atom is -0.493 e. The van der Waals surface area contributed by atoms with Crippen molar-refractivity contribution in [3.05, 3.63) is 23.8 Å². The van der Waals surface area contributed by atoms with Gasteiger partial charge < -0.3 is 24.4 Å². The summed E-state index contributed by atoms with van der Waals surface area (Å²) < 4.78 is 16.5. The molecule has 0 amide bonds. The molecule has 0 spiro atoms. The van der Waals surface area contributed by atoms with E-state index in [0.29, 0.717) is 6.54 Å². The van der Waals surface area contributed by atoms with Crippen LogP contribution in [0.15, 0.2) is 23.2 Å². The molecule has 0 atom stereocenters. The number of likely N-dealkylation sites (N-methyl/N-ethyl adjacent to an activating group) is 1. The molecule has 2 rings (SSSR count). The van der Waals surface area contributed by atoms with Crippen molar-refractivity contribution >= 4 is 29.9 Å². The topological polar surface area (TPSA) is 55.3 Å². The Balaban J connectivity index is 0.00000312. The van der Waals surface area contributed by atoms with Crippen LogP contribution in [0, 0.1) is 5.92 Å². The summed E-state index contributed by atoms with van der Waals surface area (Å²) in [7, 11) is 7.09. The van der Waals surface area contributed by atoms with Gasteiger partial charge in [-0.05, 0) is 24.8 Å². The smallest absolute Gasteiger partial charge is 0.193 e. The van der Waals surface area contributed by atoms with Crippen molar-refractivity contribution in [2.75, 3.05) is 48.1 Å². The normalized spacial score (nSPS) is 13.8. The number of para-hydroxylation sites is 1. The van der Waals surface area contributed by atoms with Gasteiger partial charge in [-0.2, -0.15) is 0 Å². The lowest BCUT2D eigenvalue weighted by Gasteiger charge is -2.22. The molecule has 1 fully saturated rings. The predicted molar refractivity (Wildman–Crippen MR) is 111 cm³/mol. The van der Waals surface area contributed by atoms with E-state index in [0.717, 1.165) is 48.7 Å². The molecule has 6 nitrogen and oxygen atoms in total. The van der Waals surface area contributed by atoms with E-state index in [9.17, 15) is 0 Å². The van der Waals surface area contributed by atoms with Gasteiger partial charge in [0.15, 0.2) is 17.5 Å². The number of aliphatic imine (C=N–C) groups is 1. The Kier molecular flexibility index (Phi) is 9.96. The van der Waals surface area contributed by atoms with E-state index in [-0.39, 0.29) is 24.0 Å². The standard InChI is InChI=1S/C18H29N3O3.HI/c1-19-18(21(2)10-11-24-13-14-8-9-14)20-12-15-6-5-7-16(22-3)17(15)23-4;/h5-7,14H,8-13H2,1-4H3,(H,19,20);1H. The second-order valence-electron chi connectivity index (χ2n) is 5.99. The maximum atomic E-state index is 5.69. The fraction of sp³-hybridized carbons (Fsp3) is 0.611. The van der Waals surface area contributed by atoms with Crippen LogP contribution in [-0.4, -0.2) is 58.9 Å². The lowest BCUT2D eigenvalue weighted by atomic mass is 10.2. The largest absolute Gasteiger partial charge is 0.493 e. The molecule has 0 unspecified atom stereocenters. The molecule has 7 heteroatoms. The van der Waals surface area contributed by atoms with Crippen LogP contribution in [0.25, 0.3) is 0 Å². The Labute approximate surface area is 167 Å². The fourth-order valence-corrected chi connectivity index (χ4v) is 2.49. The van der Waals surface area contributed by atoms with Crippen LogP contribution in [0.4, 0.5) is 0 Å². The maximum absolute atomic E-state index is 5.69. The summed E-state index contributed by atoms with van der Waals surface area (Å²) >= 11 is 0. The van der Waals surface area contributed by atoms with E-state index < -0.39 is 0 Å². The fourth-order valence-electron chi connectivity index (χ4n) is 2.49. The lowest BCUT2D eigenvalue weighted by Crippen LogP contribution is -2.40. The third kappa shape index (κ3) is 6.89. The summed E-state index contributed by atoms with van der Waals surface area (Å²) in [5.41, 5.74) is 1.02. The maximum Gasteiger partial charge on any atom is 0.193 e. The first kappa shape index (κ1) is 21.8. The molecule has 0 bridgehead atoms. The molecule has 0 aromatic heterocycles. The van der Waals surface area contributed by atoms with Crippen LogP contribution in [0.3, 0.4) is 0 Å². The van der Waals surface area contributed by atoms with Crippen LogP contribution in [-0.2, 0) is 11.3 Å². The Bertz CT molecular complexity index is 550. The minimum absolute atomic E-state index is 0. The van der Waals surface area contributed by atoms with Crippen molar-refractivity contribution in [2.24, 2.45) is 10.9 Å². The average Bonchev–Trinajstić information content (AvgIpc) is 3.43. The highest BCUT2D eigenvalue weighted by Gasteiger charge is 2.21. The van der Waals surface area contributed by atoms with Gasteiger partial charge in [0.25, 0.3) is 0 Å². The van der Waals surface area contributed by atoms with Crippen molar-refractivity contribution in [2.45, 2.75) is 19.4 Å². The van der Waals surface area contributed by atoms with E-state index in [1.807, 2.05) is 25.2 Å². The quantitative estimate of drug-likeness (QED) is 0.264. The summed E-state index contributed by atoms with van der Waals surface area (Å²) in [5.74, 6) is 3.11. The molecule has 25 heavy (non-hydrogen) atoms. The van der Waals surface area contributed by atoms with Crippen molar-refractivity contribution in [1.29, 1.82) is 0 Å². The van der Waals surface area contributed by atoms with E-state index >= 15 is 0 Å². The molecule has 0 radical (unpaired) electrons. The molecule has 1 aromatic rings. The van der Waals surface area contributed by atoms with Crippen LogP contribution < -0.4 is 14.8 Å². The van der Waals surface area contributed by atoms with Gasteiger partial charge in [-0.1, -0.05) is 12.1 Å². The monoisotopic (exact) mass is 463 g/mol. The molecule has 1 aromatic carbocycles. The summed E-state index contributed by atoms with van der Waals surface area (Å²) in [4.78, 5) is 6.40. The second kappa shape index (κ2) is 11.4. The zero-order valence-corrected chi connectivity index (χ0v) is 17.9. The highest BCUT2D eigenvalue weighted by Crippen LogP contribution is 2.30. The molecular weight excluding hydrogens is 433 g/mol. The average molecular weight is 463 g/mol. The van der Waals surface area contributed by atoms with E-state index in [4.69, 9.17) is 14.2 Å². The summed E-state index contributed by atoms with van der Waals surface area (Å²) in [6, 6.07) is 5.86. The van der Waals surface area contributed by atoms with Gasteiger partial charge in [-0.15, -0.1) is 24.0 Å². The van der Waals surface area contributed by atoms with Crippen LogP contribution >= 0.6 is 24.0 Å². The summed E-state index contributed by atoms with van der Waals surface area (Å²) in [6.07, 6.45) is 2.64. The second-order valence-corrected chi connectivity index (χ2v) is 5.99. The third-order valence-corrected chi connectivity index (χ3v) is 4.12. The molecule has 0 heterocycles. The van der Waals surface area contributed by atoms with Gasteiger partial charge in [-0.25, -0.2) is 0 Å². The first-order valence-corrected chi connectivity index (χ1v) is 8.39. The van der Waals surface area contributed by atoms with Gasteiger partial charge in [0.05, 0.1) is 20.8 Å². The number of rotatable bonds is 9. The molecule has 1 aliphatic rings. The first-order valence-electron chi connectivity index (χ1n) is 8.39. The number of hydrogen-bond acceptors (Lipinski definition) is 4. The third-order valence-electron chi connectivity index (χ3n) is 4.12. The molecular formula is C18H30IN3O3. The van der Waals surface area contributed by atoms with Gasteiger partial charge >= 0.3 is 0 Å². The van der Waals surface area contributed by atoms with Gasteiger partial charge in [-0.3, -0.25) is 4.99 Å². The molecule has 142 valence electrons. The zero-order valence-electron chi connectivity index (χ0n) is 15.6. The van der Waals surface area contributed by atoms with Gasteiger partial charge in [0, 0.05) is 39.4 Å². The predicted octanol–water partition coefficient (Wildman–Crippen LogP) is 2.76. The Morgan fingerprint density at radius 3 is 2.64 bits per heavy atom. The number of guanidine groups is 1. The molecule has 1 aliphatic carbocycles. The summed E-state index contributed by atoms with van der Waals surface area (Å²) in [6.45, 7) is 3.03. The number of nitrogens with one attached hydrogen (secondary N) is 1. The molecule has 1 N–H and O–H groups in total. The number of halogens is 1. The van der Waals surface area contributed by atoms with E-state index in [1.165, 1.54) is 12.8 Å². The minimum atomic E-state index is 0. The number of methoxy groups -OCH3 is 2. The van der Waals surface area contributed by atoms with Crippen molar-refractivity contribution in [3.8, 4) is 11.5 Å². The Hall–Kier alpha value is -1.22. The first-order chi connectivity index (χ1) is 11.7. The van der Waals surface area contributed by atoms with Crippen LogP contribution in [0.5, 0.6) is 11.5 Å². The van der Waals surface area contributed by atoms with Crippen molar-refractivity contribution < 1.29 is 14.2 Å².